The SMILES string of the molecule is O=C(N[C@H](Cn1nccn1)c1ccccc1)c1ccc(Cl)c(Cl)c1. The lowest BCUT2D eigenvalue weighted by Gasteiger charge is -2.19. The van der Waals surface area contributed by atoms with Crippen molar-refractivity contribution in [3.63, 3.8) is 0 Å². The lowest BCUT2D eigenvalue weighted by molar-refractivity contribution is 0.0931. The molecule has 0 radical (unpaired) electrons. The Morgan fingerprint density at radius 2 is 1.75 bits per heavy atom. The monoisotopic (exact) mass is 360 g/mol. The van der Waals surface area contributed by atoms with Gasteiger partial charge in [-0.2, -0.15) is 15.0 Å². The van der Waals surface area contributed by atoms with Gasteiger partial charge in [0, 0.05) is 5.56 Å². The topological polar surface area (TPSA) is 59.8 Å². The highest BCUT2D eigenvalue weighted by Crippen LogP contribution is 2.23. The van der Waals surface area contributed by atoms with Crippen molar-refractivity contribution in [2.75, 3.05) is 0 Å². The molecule has 24 heavy (non-hydrogen) atoms. The molecule has 0 saturated heterocycles. The average molecular weight is 361 g/mol. The van der Waals surface area contributed by atoms with Crippen molar-refractivity contribution in [2.45, 2.75) is 12.6 Å². The molecule has 7 heteroatoms. The van der Waals surface area contributed by atoms with Gasteiger partial charge in [0.25, 0.3) is 5.91 Å². The van der Waals surface area contributed by atoms with Gasteiger partial charge in [-0.3, -0.25) is 4.79 Å². The second kappa shape index (κ2) is 7.47. The van der Waals surface area contributed by atoms with Crippen LogP contribution in [-0.4, -0.2) is 20.9 Å². The smallest absolute Gasteiger partial charge is 0.251 e. The molecule has 0 unspecified atom stereocenters. The first-order chi connectivity index (χ1) is 11.6. The van der Waals surface area contributed by atoms with Crippen molar-refractivity contribution in [1.29, 1.82) is 0 Å². The van der Waals surface area contributed by atoms with E-state index in [1.54, 1.807) is 30.6 Å². The number of amides is 1. The predicted octanol–water partition coefficient (Wildman–Crippen LogP) is 3.76. The van der Waals surface area contributed by atoms with Crippen LogP contribution in [-0.2, 0) is 6.54 Å². The molecule has 0 aliphatic rings. The van der Waals surface area contributed by atoms with E-state index in [0.717, 1.165) is 5.56 Å². The number of aromatic nitrogens is 3. The fourth-order valence-corrected chi connectivity index (χ4v) is 2.60. The summed E-state index contributed by atoms with van der Waals surface area (Å²) >= 11 is 11.9. The summed E-state index contributed by atoms with van der Waals surface area (Å²) in [5, 5.41) is 12.0. The van der Waals surface area contributed by atoms with Gasteiger partial charge in [0.15, 0.2) is 0 Å². The van der Waals surface area contributed by atoms with Gasteiger partial charge in [0.2, 0.25) is 0 Å². The maximum atomic E-state index is 12.6. The molecular weight excluding hydrogens is 347 g/mol. The van der Waals surface area contributed by atoms with Gasteiger partial charge < -0.3 is 5.32 Å². The summed E-state index contributed by atoms with van der Waals surface area (Å²) < 4.78 is 0. The Kier molecular flexibility index (Phi) is 5.13. The van der Waals surface area contributed by atoms with Crippen LogP contribution in [0.4, 0.5) is 0 Å². The van der Waals surface area contributed by atoms with Gasteiger partial charge in [-0.1, -0.05) is 53.5 Å². The van der Waals surface area contributed by atoms with E-state index in [1.165, 1.54) is 4.80 Å². The number of nitrogens with zero attached hydrogens (tertiary/aromatic N) is 3. The number of benzene rings is 2. The van der Waals surface area contributed by atoms with Crippen LogP contribution in [0.3, 0.4) is 0 Å². The zero-order valence-electron chi connectivity index (χ0n) is 12.6. The van der Waals surface area contributed by atoms with Crippen LogP contribution in [0.2, 0.25) is 10.0 Å². The minimum atomic E-state index is -0.277. The van der Waals surface area contributed by atoms with E-state index in [1.807, 2.05) is 30.3 Å². The molecule has 1 atom stereocenters. The summed E-state index contributed by atoms with van der Waals surface area (Å²) in [6.07, 6.45) is 3.20. The summed E-state index contributed by atoms with van der Waals surface area (Å²) in [6, 6.07) is 14.2. The standard InChI is InChI=1S/C17H14Cl2N4O/c18-14-7-6-13(10-15(14)19)17(24)22-16(11-23-20-8-9-21-23)12-4-2-1-3-5-12/h1-10,16H,11H2,(H,22,24)/t16-/m1/s1. The van der Waals surface area contributed by atoms with Gasteiger partial charge in [-0.05, 0) is 23.8 Å². The minimum Gasteiger partial charge on any atom is -0.343 e. The van der Waals surface area contributed by atoms with Crippen molar-refractivity contribution < 1.29 is 4.79 Å². The van der Waals surface area contributed by atoms with Crippen molar-refractivity contribution >= 4 is 29.1 Å². The Hall–Kier alpha value is -2.37. The zero-order chi connectivity index (χ0) is 16.9. The highest BCUT2D eigenvalue weighted by Gasteiger charge is 2.17. The van der Waals surface area contributed by atoms with Crippen LogP contribution in [0, 0.1) is 0 Å². The fourth-order valence-electron chi connectivity index (χ4n) is 2.30. The highest BCUT2D eigenvalue weighted by atomic mass is 35.5. The fraction of sp³-hybridized carbons (Fsp3) is 0.118. The maximum absolute atomic E-state index is 12.6. The Labute approximate surface area is 149 Å². The van der Waals surface area contributed by atoms with Crippen LogP contribution in [0.1, 0.15) is 22.0 Å². The Morgan fingerprint density at radius 1 is 1.04 bits per heavy atom. The van der Waals surface area contributed by atoms with E-state index in [-0.39, 0.29) is 11.9 Å². The van der Waals surface area contributed by atoms with Crippen LogP contribution in [0.15, 0.2) is 60.9 Å². The molecule has 5 nitrogen and oxygen atoms in total. The van der Waals surface area contributed by atoms with E-state index in [9.17, 15) is 4.79 Å². The van der Waals surface area contributed by atoms with Crippen LogP contribution in [0.5, 0.6) is 0 Å². The Morgan fingerprint density at radius 3 is 2.42 bits per heavy atom. The first-order valence-corrected chi connectivity index (χ1v) is 8.04. The number of hydrogen-bond acceptors (Lipinski definition) is 3. The lowest BCUT2D eigenvalue weighted by Crippen LogP contribution is -2.32. The van der Waals surface area contributed by atoms with Crippen molar-refractivity contribution in [2.24, 2.45) is 0 Å². The van der Waals surface area contributed by atoms with Gasteiger partial charge in [-0.15, -0.1) is 0 Å². The van der Waals surface area contributed by atoms with Gasteiger partial charge in [-0.25, -0.2) is 0 Å². The highest BCUT2D eigenvalue weighted by molar-refractivity contribution is 6.42. The van der Waals surface area contributed by atoms with Gasteiger partial charge in [0.1, 0.15) is 0 Å². The number of hydrogen-bond donors (Lipinski definition) is 1. The normalized spacial score (nSPS) is 11.9. The third-order valence-electron chi connectivity index (χ3n) is 3.50. The molecule has 1 heterocycles. The molecule has 1 amide bonds. The van der Waals surface area contributed by atoms with E-state index in [2.05, 4.69) is 15.5 Å². The second-order valence-electron chi connectivity index (χ2n) is 5.15. The molecule has 0 aliphatic heterocycles. The molecule has 0 bridgehead atoms. The van der Waals surface area contributed by atoms with Gasteiger partial charge >= 0.3 is 0 Å². The molecule has 2 aromatic carbocycles. The molecule has 0 spiro atoms. The largest absolute Gasteiger partial charge is 0.343 e. The predicted molar refractivity (Wildman–Crippen MR) is 93.1 cm³/mol. The molecular formula is C17H14Cl2N4O. The Balaban J connectivity index is 1.83. The molecule has 0 saturated carbocycles. The molecule has 3 rings (SSSR count). The summed E-state index contributed by atoms with van der Waals surface area (Å²) in [4.78, 5) is 14.1. The molecule has 0 fully saturated rings. The van der Waals surface area contributed by atoms with Crippen LogP contribution >= 0.6 is 23.2 Å². The summed E-state index contributed by atoms with van der Waals surface area (Å²) in [5.74, 6) is -0.241. The molecule has 0 aliphatic carbocycles. The first kappa shape index (κ1) is 16.5. The van der Waals surface area contributed by atoms with Crippen molar-refractivity contribution in [3.05, 3.63) is 82.1 Å². The third kappa shape index (κ3) is 3.93. The van der Waals surface area contributed by atoms with Crippen molar-refractivity contribution in [3.8, 4) is 0 Å². The summed E-state index contributed by atoms with van der Waals surface area (Å²) in [5.41, 5.74) is 1.40. The minimum absolute atomic E-state index is 0.241. The molecule has 1 aromatic heterocycles. The van der Waals surface area contributed by atoms with E-state index < -0.39 is 0 Å². The number of halogens is 2. The Bertz CT molecular complexity index is 822. The number of rotatable bonds is 5. The third-order valence-corrected chi connectivity index (χ3v) is 4.24. The quantitative estimate of drug-likeness (QED) is 0.753. The van der Waals surface area contributed by atoms with Crippen LogP contribution < -0.4 is 5.32 Å². The van der Waals surface area contributed by atoms with E-state index >= 15 is 0 Å². The van der Waals surface area contributed by atoms with Crippen molar-refractivity contribution in [1.82, 2.24) is 20.3 Å². The second-order valence-corrected chi connectivity index (χ2v) is 5.96. The number of carbonyl (C=O) groups is 1. The number of carbonyl (C=O) groups excluding carboxylic acids is 1. The molecule has 122 valence electrons. The average Bonchev–Trinajstić information content (AvgIpc) is 3.10. The zero-order valence-corrected chi connectivity index (χ0v) is 14.1. The van der Waals surface area contributed by atoms with Gasteiger partial charge in [0.05, 0.1) is 35.0 Å². The summed E-state index contributed by atoms with van der Waals surface area (Å²) in [6.45, 7) is 0.421. The molecule has 1 N–H and O–H groups in total. The number of nitrogens with one attached hydrogen (secondary N) is 1. The maximum Gasteiger partial charge on any atom is 0.251 e. The lowest BCUT2D eigenvalue weighted by atomic mass is 10.1. The first-order valence-electron chi connectivity index (χ1n) is 7.28. The van der Waals surface area contributed by atoms with Crippen LogP contribution in [0.25, 0.3) is 0 Å². The molecule has 3 aromatic rings. The summed E-state index contributed by atoms with van der Waals surface area (Å²) in [7, 11) is 0. The van der Waals surface area contributed by atoms with E-state index in [4.69, 9.17) is 23.2 Å². The van der Waals surface area contributed by atoms with E-state index in [0.29, 0.717) is 22.2 Å².